The van der Waals surface area contributed by atoms with Crippen molar-refractivity contribution in [2.75, 3.05) is 14.2 Å². The van der Waals surface area contributed by atoms with Crippen LogP contribution in [-0.4, -0.2) is 32.4 Å². The van der Waals surface area contributed by atoms with Gasteiger partial charge in [0.25, 0.3) is 0 Å². The zero-order chi connectivity index (χ0) is 15.7. The molecule has 0 saturated carbocycles. The molecular formula is C15H19NO5. The zero-order valence-electron chi connectivity index (χ0n) is 12.3. The molecule has 0 bridgehead atoms. The molecule has 0 fully saturated rings. The maximum atomic E-state index is 11.6. The van der Waals surface area contributed by atoms with E-state index in [9.17, 15) is 9.59 Å². The van der Waals surface area contributed by atoms with Gasteiger partial charge < -0.3 is 14.2 Å². The third-order valence-corrected chi connectivity index (χ3v) is 2.58. The van der Waals surface area contributed by atoms with Crippen LogP contribution in [0.5, 0.6) is 0 Å². The van der Waals surface area contributed by atoms with Crippen molar-refractivity contribution in [3.63, 3.8) is 0 Å². The standard InChI is InChI=1S/C15H19NO5/c1-11(21-10-12-7-5-4-6-8-12)9-13(14(17)19-2)16-15(18)20-3/h4-9,11H,10H2,1-3H3,(H,16,18)/b13-9-/t11-/m0/s1. The lowest BCUT2D eigenvalue weighted by Gasteiger charge is -2.12. The molecule has 0 aliphatic carbocycles. The van der Waals surface area contributed by atoms with Gasteiger partial charge in [-0.1, -0.05) is 30.3 Å². The van der Waals surface area contributed by atoms with Crippen molar-refractivity contribution in [1.82, 2.24) is 5.32 Å². The molecule has 1 aromatic carbocycles. The van der Waals surface area contributed by atoms with Gasteiger partial charge in [-0.2, -0.15) is 0 Å². The van der Waals surface area contributed by atoms with Crippen LogP contribution in [0.4, 0.5) is 4.79 Å². The van der Waals surface area contributed by atoms with Gasteiger partial charge >= 0.3 is 12.1 Å². The maximum Gasteiger partial charge on any atom is 0.411 e. The number of hydrogen-bond donors (Lipinski definition) is 1. The van der Waals surface area contributed by atoms with E-state index in [0.717, 1.165) is 5.56 Å². The summed E-state index contributed by atoms with van der Waals surface area (Å²) in [5, 5.41) is 2.29. The molecule has 1 aromatic rings. The van der Waals surface area contributed by atoms with Crippen LogP contribution in [-0.2, 0) is 25.6 Å². The Labute approximate surface area is 123 Å². The highest BCUT2D eigenvalue weighted by Crippen LogP contribution is 2.06. The fourth-order valence-corrected chi connectivity index (χ4v) is 1.52. The summed E-state index contributed by atoms with van der Waals surface area (Å²) in [7, 11) is 2.43. The summed E-state index contributed by atoms with van der Waals surface area (Å²) in [4.78, 5) is 22.7. The summed E-state index contributed by atoms with van der Waals surface area (Å²) in [6, 6.07) is 9.62. The van der Waals surface area contributed by atoms with Crippen LogP contribution in [0, 0.1) is 0 Å². The predicted octanol–water partition coefficient (Wildman–Crippen LogP) is 2.00. The second kappa shape index (κ2) is 8.76. The Balaban J connectivity index is 2.65. The normalized spacial score (nSPS) is 12.4. The van der Waals surface area contributed by atoms with Gasteiger partial charge in [0.2, 0.25) is 0 Å². The van der Waals surface area contributed by atoms with E-state index in [-0.39, 0.29) is 5.70 Å². The number of benzene rings is 1. The van der Waals surface area contributed by atoms with Crippen LogP contribution < -0.4 is 5.32 Å². The minimum atomic E-state index is -0.748. The van der Waals surface area contributed by atoms with Crippen LogP contribution >= 0.6 is 0 Å². The lowest BCUT2D eigenvalue weighted by molar-refractivity contribution is -0.136. The Kier molecular flexibility index (Phi) is 6.97. The second-order valence-corrected chi connectivity index (χ2v) is 4.19. The third-order valence-electron chi connectivity index (χ3n) is 2.58. The van der Waals surface area contributed by atoms with Crippen LogP contribution in [0.3, 0.4) is 0 Å². The maximum absolute atomic E-state index is 11.6. The largest absolute Gasteiger partial charge is 0.464 e. The first kappa shape index (κ1) is 16.7. The fourth-order valence-electron chi connectivity index (χ4n) is 1.52. The van der Waals surface area contributed by atoms with Crippen molar-refractivity contribution < 1.29 is 23.8 Å². The molecule has 1 amide bonds. The average Bonchev–Trinajstić information content (AvgIpc) is 2.52. The van der Waals surface area contributed by atoms with Gasteiger partial charge in [-0.3, -0.25) is 5.32 Å². The summed E-state index contributed by atoms with van der Waals surface area (Å²) in [6.07, 6.45) is 0.324. The Morgan fingerprint density at radius 1 is 1.19 bits per heavy atom. The van der Waals surface area contributed by atoms with Crippen LogP contribution in [0.25, 0.3) is 0 Å². The number of methoxy groups -OCH3 is 2. The number of rotatable bonds is 6. The van der Waals surface area contributed by atoms with Gasteiger partial charge in [0, 0.05) is 0 Å². The summed E-state index contributed by atoms with van der Waals surface area (Å²) >= 11 is 0. The summed E-state index contributed by atoms with van der Waals surface area (Å²) in [5.41, 5.74) is 0.989. The zero-order valence-corrected chi connectivity index (χ0v) is 12.3. The fraction of sp³-hybridized carbons (Fsp3) is 0.333. The minimum Gasteiger partial charge on any atom is -0.464 e. The van der Waals surface area contributed by atoms with Gasteiger partial charge in [-0.05, 0) is 18.6 Å². The summed E-state index contributed by atoms with van der Waals surface area (Å²) in [5.74, 6) is -0.671. The average molecular weight is 293 g/mol. The number of alkyl carbamates (subject to hydrolysis) is 1. The smallest absolute Gasteiger partial charge is 0.411 e. The van der Waals surface area contributed by atoms with Crippen molar-refractivity contribution in [1.29, 1.82) is 0 Å². The number of ether oxygens (including phenoxy) is 3. The van der Waals surface area contributed by atoms with Crippen molar-refractivity contribution in [3.8, 4) is 0 Å². The molecule has 114 valence electrons. The van der Waals surface area contributed by atoms with E-state index in [4.69, 9.17) is 4.74 Å². The quantitative estimate of drug-likeness (QED) is 0.641. The molecular weight excluding hydrogens is 274 g/mol. The monoisotopic (exact) mass is 293 g/mol. The molecule has 0 saturated heterocycles. The Hall–Kier alpha value is -2.34. The molecule has 1 rings (SSSR count). The molecule has 0 spiro atoms. The Bertz CT molecular complexity index is 498. The summed E-state index contributed by atoms with van der Waals surface area (Å²) < 4.78 is 14.6. The highest BCUT2D eigenvalue weighted by atomic mass is 16.5. The van der Waals surface area contributed by atoms with Crippen molar-refractivity contribution in [3.05, 3.63) is 47.7 Å². The number of hydrogen-bond acceptors (Lipinski definition) is 5. The lowest BCUT2D eigenvalue weighted by Crippen LogP contribution is -2.29. The molecule has 0 radical (unpaired) electrons. The molecule has 6 nitrogen and oxygen atoms in total. The van der Waals surface area contributed by atoms with Gasteiger partial charge in [0.15, 0.2) is 0 Å². The molecule has 1 atom stereocenters. The van der Waals surface area contributed by atoms with Crippen LogP contribution in [0.1, 0.15) is 12.5 Å². The molecule has 21 heavy (non-hydrogen) atoms. The van der Waals surface area contributed by atoms with E-state index in [1.165, 1.54) is 20.3 Å². The highest BCUT2D eigenvalue weighted by molar-refractivity contribution is 5.92. The topological polar surface area (TPSA) is 73.9 Å². The number of carbonyl (C=O) groups is 2. The predicted molar refractivity (Wildman–Crippen MR) is 76.3 cm³/mol. The number of carbonyl (C=O) groups excluding carboxylic acids is 2. The lowest BCUT2D eigenvalue weighted by atomic mass is 10.2. The Morgan fingerprint density at radius 3 is 2.43 bits per heavy atom. The van der Waals surface area contributed by atoms with Gasteiger partial charge in [-0.25, -0.2) is 9.59 Å². The molecule has 1 N–H and O–H groups in total. The number of nitrogens with one attached hydrogen (secondary N) is 1. The Morgan fingerprint density at radius 2 is 1.86 bits per heavy atom. The molecule has 0 unspecified atom stereocenters. The van der Waals surface area contributed by atoms with Crippen LogP contribution in [0.15, 0.2) is 42.1 Å². The molecule has 0 aliphatic rings. The second-order valence-electron chi connectivity index (χ2n) is 4.19. The number of esters is 1. The van der Waals surface area contributed by atoms with E-state index >= 15 is 0 Å². The van der Waals surface area contributed by atoms with E-state index < -0.39 is 18.2 Å². The molecule has 0 aliphatic heterocycles. The van der Waals surface area contributed by atoms with E-state index in [1.54, 1.807) is 6.92 Å². The summed E-state index contributed by atoms with van der Waals surface area (Å²) in [6.45, 7) is 2.15. The van der Waals surface area contributed by atoms with Gasteiger partial charge in [-0.15, -0.1) is 0 Å². The first-order valence-corrected chi connectivity index (χ1v) is 6.37. The van der Waals surface area contributed by atoms with E-state index in [1.807, 2.05) is 30.3 Å². The van der Waals surface area contributed by atoms with E-state index in [0.29, 0.717) is 6.61 Å². The first-order chi connectivity index (χ1) is 10.1. The molecule has 0 heterocycles. The number of amides is 1. The van der Waals surface area contributed by atoms with Crippen molar-refractivity contribution in [2.45, 2.75) is 19.6 Å². The molecule has 6 heteroatoms. The SMILES string of the molecule is COC(=O)N/C(=C\[C@H](C)OCc1ccccc1)C(=O)OC. The third kappa shape index (κ3) is 6.09. The van der Waals surface area contributed by atoms with Gasteiger partial charge in [0.05, 0.1) is 26.9 Å². The van der Waals surface area contributed by atoms with E-state index in [2.05, 4.69) is 14.8 Å². The van der Waals surface area contributed by atoms with Crippen molar-refractivity contribution in [2.24, 2.45) is 0 Å². The van der Waals surface area contributed by atoms with Crippen molar-refractivity contribution >= 4 is 12.1 Å². The first-order valence-electron chi connectivity index (χ1n) is 6.37. The van der Waals surface area contributed by atoms with Gasteiger partial charge in [0.1, 0.15) is 5.70 Å². The minimum absolute atomic E-state index is 0.0232. The molecule has 0 aromatic heterocycles. The highest BCUT2D eigenvalue weighted by Gasteiger charge is 2.15. The van der Waals surface area contributed by atoms with Crippen LogP contribution in [0.2, 0.25) is 0 Å².